The summed E-state index contributed by atoms with van der Waals surface area (Å²) in [5.41, 5.74) is 9.87. The lowest BCUT2D eigenvalue weighted by Crippen LogP contribution is -2.55. The van der Waals surface area contributed by atoms with E-state index in [0.717, 1.165) is 4.88 Å². The van der Waals surface area contributed by atoms with Gasteiger partial charge in [-0.05, 0) is 19.1 Å². The Kier molecular flexibility index (Phi) is 5.13. The van der Waals surface area contributed by atoms with Crippen LogP contribution in [0, 0.1) is 0 Å². The van der Waals surface area contributed by atoms with Gasteiger partial charge in [-0.1, -0.05) is 11.6 Å². The van der Waals surface area contributed by atoms with Gasteiger partial charge in [0.25, 0.3) is 0 Å². The van der Waals surface area contributed by atoms with E-state index in [9.17, 15) is 14.4 Å². The summed E-state index contributed by atoms with van der Waals surface area (Å²) in [6.07, 6.45) is 0. The van der Waals surface area contributed by atoms with E-state index in [1.807, 2.05) is 0 Å². The molecule has 0 radical (unpaired) electrons. The van der Waals surface area contributed by atoms with Crippen molar-refractivity contribution in [3.63, 3.8) is 0 Å². The predicted molar refractivity (Wildman–Crippen MR) is 71.6 cm³/mol. The second-order valence-electron chi connectivity index (χ2n) is 3.72. The molecule has 6 N–H and O–H groups in total. The second-order valence-corrected chi connectivity index (χ2v) is 5.47. The number of amides is 4. The molecule has 0 aliphatic rings. The smallest absolute Gasteiger partial charge is 0.316 e. The average Bonchev–Trinajstić information content (AvgIpc) is 2.72. The first kappa shape index (κ1) is 15.3. The van der Waals surface area contributed by atoms with Crippen LogP contribution in [0.3, 0.4) is 0 Å². The monoisotopic (exact) mass is 304 g/mol. The molecule has 1 unspecified atom stereocenters. The van der Waals surface area contributed by atoms with Gasteiger partial charge >= 0.3 is 6.03 Å². The van der Waals surface area contributed by atoms with Crippen molar-refractivity contribution < 1.29 is 14.4 Å². The van der Waals surface area contributed by atoms with Gasteiger partial charge in [0, 0.05) is 4.88 Å². The van der Waals surface area contributed by atoms with Crippen LogP contribution in [0.1, 0.15) is 17.8 Å². The van der Waals surface area contributed by atoms with Crippen LogP contribution < -0.4 is 22.1 Å². The minimum Gasteiger partial charge on any atom is -0.367 e. The van der Waals surface area contributed by atoms with Crippen molar-refractivity contribution >= 4 is 40.8 Å². The van der Waals surface area contributed by atoms with Crippen molar-refractivity contribution in [3.05, 3.63) is 21.3 Å². The van der Waals surface area contributed by atoms with Gasteiger partial charge in [0.2, 0.25) is 11.8 Å². The van der Waals surface area contributed by atoms with Crippen LogP contribution in [0.2, 0.25) is 4.34 Å². The lowest BCUT2D eigenvalue weighted by atomic mass is 10.2. The molecular weight excluding hydrogens is 292 g/mol. The van der Waals surface area contributed by atoms with Crippen LogP contribution in [-0.2, 0) is 9.59 Å². The normalized spacial score (nSPS) is 11.9. The molecule has 1 aromatic rings. The number of rotatable bonds is 5. The van der Waals surface area contributed by atoms with Crippen molar-refractivity contribution in [2.45, 2.75) is 19.0 Å². The van der Waals surface area contributed by atoms with Crippen molar-refractivity contribution in [2.24, 2.45) is 11.5 Å². The Bertz CT molecular complexity index is 491. The minimum absolute atomic E-state index is 0.334. The Labute approximate surface area is 118 Å². The molecule has 0 saturated carbocycles. The highest BCUT2D eigenvalue weighted by molar-refractivity contribution is 7.16. The van der Waals surface area contributed by atoms with Crippen LogP contribution >= 0.6 is 22.9 Å². The first-order valence-electron chi connectivity index (χ1n) is 5.22. The van der Waals surface area contributed by atoms with E-state index in [1.54, 1.807) is 19.1 Å². The van der Waals surface area contributed by atoms with Gasteiger partial charge in [-0.2, -0.15) is 0 Å². The third-order valence-electron chi connectivity index (χ3n) is 2.21. The van der Waals surface area contributed by atoms with Gasteiger partial charge < -0.3 is 22.1 Å². The number of nitrogens with one attached hydrogen (secondary N) is 2. The van der Waals surface area contributed by atoms with Gasteiger partial charge in [-0.15, -0.1) is 11.3 Å². The highest BCUT2D eigenvalue weighted by Gasteiger charge is 2.24. The number of urea groups is 1. The van der Waals surface area contributed by atoms with Gasteiger partial charge in [0.1, 0.15) is 0 Å². The van der Waals surface area contributed by atoms with Crippen molar-refractivity contribution in [3.8, 4) is 0 Å². The zero-order valence-electron chi connectivity index (χ0n) is 9.98. The number of halogens is 1. The van der Waals surface area contributed by atoms with Crippen LogP contribution in [0.4, 0.5) is 4.79 Å². The number of hydrogen-bond acceptors (Lipinski definition) is 4. The molecule has 0 aromatic carbocycles. The summed E-state index contributed by atoms with van der Waals surface area (Å²) in [7, 11) is 0. The van der Waals surface area contributed by atoms with E-state index >= 15 is 0 Å². The zero-order valence-corrected chi connectivity index (χ0v) is 11.5. The van der Waals surface area contributed by atoms with Crippen LogP contribution in [0.15, 0.2) is 12.1 Å². The highest BCUT2D eigenvalue weighted by atomic mass is 35.5. The Morgan fingerprint density at radius 1 is 1.21 bits per heavy atom. The maximum absolute atomic E-state index is 11.6. The first-order chi connectivity index (χ1) is 8.81. The molecule has 7 nitrogen and oxygen atoms in total. The molecule has 9 heteroatoms. The van der Waals surface area contributed by atoms with E-state index in [0.29, 0.717) is 4.34 Å². The van der Waals surface area contributed by atoms with E-state index < -0.39 is 23.9 Å². The Morgan fingerprint density at radius 3 is 2.21 bits per heavy atom. The average molecular weight is 305 g/mol. The van der Waals surface area contributed by atoms with Crippen molar-refractivity contribution in [1.82, 2.24) is 10.6 Å². The summed E-state index contributed by atoms with van der Waals surface area (Å²) in [6.45, 7) is 1.73. The molecule has 1 rings (SSSR count). The lowest BCUT2D eigenvalue weighted by Gasteiger charge is -2.16. The van der Waals surface area contributed by atoms with E-state index in [4.69, 9.17) is 23.1 Å². The highest BCUT2D eigenvalue weighted by Crippen LogP contribution is 2.26. The fraction of sp³-hybridized carbons (Fsp3) is 0.300. The third-order valence-corrected chi connectivity index (χ3v) is 3.63. The fourth-order valence-electron chi connectivity index (χ4n) is 1.28. The molecule has 0 aliphatic heterocycles. The number of nitrogens with two attached hydrogens (primary N) is 2. The number of primary amides is 2. The minimum atomic E-state index is -1.54. The number of carbonyl (C=O) groups excluding carboxylic acids is 3. The molecule has 1 aromatic heterocycles. The van der Waals surface area contributed by atoms with Crippen molar-refractivity contribution in [1.29, 1.82) is 0 Å². The molecule has 0 saturated heterocycles. The SMILES string of the molecule is CC(NC(=O)NC(C(N)=O)C(N)=O)c1ccc(Cl)s1. The molecule has 104 valence electrons. The molecule has 0 fully saturated rings. The van der Waals surface area contributed by atoms with Crippen molar-refractivity contribution in [2.75, 3.05) is 0 Å². The van der Waals surface area contributed by atoms with Gasteiger partial charge in [0.05, 0.1) is 10.4 Å². The topological polar surface area (TPSA) is 127 Å². The maximum Gasteiger partial charge on any atom is 0.316 e. The lowest BCUT2D eigenvalue weighted by molar-refractivity contribution is -0.128. The van der Waals surface area contributed by atoms with Crippen LogP contribution in [0.5, 0.6) is 0 Å². The predicted octanol–water partition coefficient (Wildman–Crippen LogP) is 0.101. The summed E-state index contributed by atoms with van der Waals surface area (Å²) in [5.74, 6) is -2.04. The Morgan fingerprint density at radius 2 is 1.79 bits per heavy atom. The first-order valence-corrected chi connectivity index (χ1v) is 6.41. The van der Waals surface area contributed by atoms with E-state index in [1.165, 1.54) is 11.3 Å². The summed E-state index contributed by atoms with van der Waals surface area (Å²) in [5, 5.41) is 4.63. The van der Waals surface area contributed by atoms with E-state index in [2.05, 4.69) is 10.6 Å². The van der Waals surface area contributed by atoms with Gasteiger partial charge in [-0.25, -0.2) is 4.79 Å². The summed E-state index contributed by atoms with van der Waals surface area (Å²) < 4.78 is 0.594. The maximum atomic E-state index is 11.6. The third kappa shape index (κ3) is 4.42. The molecule has 4 amide bonds. The van der Waals surface area contributed by atoms with E-state index in [-0.39, 0.29) is 6.04 Å². The Hall–Kier alpha value is -1.80. The van der Waals surface area contributed by atoms with Crippen LogP contribution in [0.25, 0.3) is 0 Å². The van der Waals surface area contributed by atoms with Gasteiger partial charge in [-0.3, -0.25) is 9.59 Å². The number of hydrogen-bond donors (Lipinski definition) is 4. The van der Waals surface area contributed by atoms with Gasteiger partial charge in [0.15, 0.2) is 6.04 Å². The second kappa shape index (κ2) is 6.39. The summed E-state index contributed by atoms with van der Waals surface area (Å²) in [4.78, 5) is 34.2. The number of thiophene rings is 1. The summed E-state index contributed by atoms with van der Waals surface area (Å²) in [6, 6.07) is 0.864. The standard InChI is InChI=1S/C10H13ClN4O3S/c1-4(5-2-3-6(11)19-5)14-10(18)15-7(8(12)16)9(13)17/h2-4,7H,1H3,(H2,12,16)(H2,13,17)(H2,14,15,18). The molecule has 0 bridgehead atoms. The summed E-state index contributed by atoms with van der Waals surface area (Å²) >= 11 is 7.09. The number of carbonyl (C=O) groups is 3. The molecule has 0 spiro atoms. The molecule has 1 atom stereocenters. The zero-order chi connectivity index (χ0) is 14.6. The molecule has 19 heavy (non-hydrogen) atoms. The quantitative estimate of drug-likeness (QED) is 0.576. The largest absolute Gasteiger partial charge is 0.367 e. The fourth-order valence-corrected chi connectivity index (χ4v) is 2.35. The van der Waals surface area contributed by atoms with Crippen LogP contribution in [-0.4, -0.2) is 23.9 Å². The molecule has 0 aliphatic carbocycles. The molecule has 1 heterocycles. The Balaban J connectivity index is 2.60. The molecular formula is C10H13ClN4O3S.